The van der Waals surface area contributed by atoms with Gasteiger partial charge in [0, 0.05) is 10.9 Å². The Labute approximate surface area is 122 Å². The highest BCUT2D eigenvalue weighted by Gasteiger charge is 2.10. The molecule has 3 aromatic rings. The lowest BCUT2D eigenvalue weighted by Gasteiger charge is -2.08. The van der Waals surface area contributed by atoms with E-state index in [2.05, 4.69) is 0 Å². The second-order valence-corrected chi connectivity index (χ2v) is 4.58. The Morgan fingerprint density at radius 1 is 0.762 bits per heavy atom. The van der Waals surface area contributed by atoms with Crippen molar-refractivity contribution in [3.63, 3.8) is 0 Å². The molecule has 0 aliphatic heterocycles. The molecule has 0 bridgehead atoms. The van der Waals surface area contributed by atoms with Crippen molar-refractivity contribution < 1.29 is 18.6 Å². The number of hydrogen-bond donors (Lipinski definition) is 0. The minimum absolute atomic E-state index is 0.674. The number of benzene rings is 2. The molecule has 0 aliphatic rings. The van der Waals surface area contributed by atoms with Gasteiger partial charge in [-0.25, -0.2) is 0 Å². The van der Waals surface area contributed by atoms with E-state index in [1.165, 1.54) is 0 Å². The maximum atomic E-state index is 5.87. The van der Waals surface area contributed by atoms with Crippen molar-refractivity contribution in [2.75, 3.05) is 21.3 Å². The molecule has 0 radical (unpaired) electrons. The van der Waals surface area contributed by atoms with Gasteiger partial charge in [-0.3, -0.25) is 0 Å². The number of ether oxygens (including phenoxy) is 3. The van der Waals surface area contributed by atoms with Gasteiger partial charge in [0.2, 0.25) is 0 Å². The average molecular weight is 284 g/mol. The van der Waals surface area contributed by atoms with E-state index in [1.807, 2.05) is 42.5 Å². The van der Waals surface area contributed by atoms with E-state index >= 15 is 0 Å². The van der Waals surface area contributed by atoms with Crippen LogP contribution < -0.4 is 14.2 Å². The van der Waals surface area contributed by atoms with Crippen LogP contribution in [0, 0.1) is 0 Å². The van der Waals surface area contributed by atoms with Crippen LogP contribution in [-0.4, -0.2) is 21.3 Å². The molecule has 0 aliphatic carbocycles. The van der Waals surface area contributed by atoms with Gasteiger partial charge in [-0.05, 0) is 42.5 Å². The Morgan fingerprint density at radius 2 is 1.57 bits per heavy atom. The van der Waals surface area contributed by atoms with Crippen LogP contribution in [0.4, 0.5) is 0 Å². The summed E-state index contributed by atoms with van der Waals surface area (Å²) in [7, 11) is 4.88. The molecule has 0 atom stereocenters. The second kappa shape index (κ2) is 5.40. The third kappa shape index (κ3) is 2.40. The summed E-state index contributed by atoms with van der Waals surface area (Å²) < 4.78 is 21.7. The van der Waals surface area contributed by atoms with Gasteiger partial charge in [0.25, 0.3) is 0 Å². The van der Waals surface area contributed by atoms with Crippen molar-refractivity contribution in [1.29, 1.82) is 0 Å². The molecule has 2 aromatic carbocycles. The molecule has 0 N–H and O–H groups in total. The van der Waals surface area contributed by atoms with Crippen molar-refractivity contribution in [3.8, 4) is 28.6 Å². The molecule has 1 aromatic heterocycles. The van der Waals surface area contributed by atoms with E-state index in [4.69, 9.17) is 18.6 Å². The van der Waals surface area contributed by atoms with Crippen molar-refractivity contribution in [3.05, 3.63) is 42.5 Å². The van der Waals surface area contributed by atoms with Crippen molar-refractivity contribution >= 4 is 11.0 Å². The third-order valence-electron chi connectivity index (χ3n) is 3.39. The number of rotatable bonds is 4. The third-order valence-corrected chi connectivity index (χ3v) is 3.39. The fourth-order valence-corrected chi connectivity index (χ4v) is 2.28. The van der Waals surface area contributed by atoms with Crippen molar-refractivity contribution in [2.24, 2.45) is 0 Å². The molecule has 3 rings (SSSR count). The molecular weight excluding hydrogens is 268 g/mol. The SMILES string of the molecule is COc1ccc2oc(-c3ccc(OC)c(OC)c3)cc2c1. The second-order valence-electron chi connectivity index (χ2n) is 4.58. The van der Waals surface area contributed by atoms with Crippen LogP contribution in [0.1, 0.15) is 0 Å². The first-order valence-electron chi connectivity index (χ1n) is 6.55. The predicted octanol–water partition coefficient (Wildman–Crippen LogP) is 4.13. The Bertz CT molecular complexity index is 774. The van der Waals surface area contributed by atoms with Crippen LogP contribution in [0.15, 0.2) is 46.9 Å². The summed E-state index contributed by atoms with van der Waals surface area (Å²) in [6.45, 7) is 0. The van der Waals surface area contributed by atoms with Gasteiger partial charge in [0.1, 0.15) is 17.1 Å². The van der Waals surface area contributed by atoms with Crippen molar-refractivity contribution in [2.45, 2.75) is 0 Å². The molecule has 21 heavy (non-hydrogen) atoms. The molecular formula is C17H16O4. The molecule has 0 fully saturated rings. The molecule has 4 heteroatoms. The summed E-state index contributed by atoms with van der Waals surface area (Å²) in [5.41, 5.74) is 1.75. The van der Waals surface area contributed by atoms with Gasteiger partial charge in [-0.15, -0.1) is 0 Å². The zero-order valence-electron chi connectivity index (χ0n) is 12.2. The minimum Gasteiger partial charge on any atom is -0.497 e. The Hall–Kier alpha value is -2.62. The van der Waals surface area contributed by atoms with Crippen LogP contribution in [0.5, 0.6) is 17.2 Å². The largest absolute Gasteiger partial charge is 0.497 e. The van der Waals surface area contributed by atoms with Crippen LogP contribution in [0.25, 0.3) is 22.3 Å². The summed E-state index contributed by atoms with van der Waals surface area (Å²) in [5, 5.41) is 0.999. The quantitative estimate of drug-likeness (QED) is 0.722. The van der Waals surface area contributed by atoms with E-state index in [9.17, 15) is 0 Å². The monoisotopic (exact) mass is 284 g/mol. The Balaban J connectivity index is 2.07. The van der Waals surface area contributed by atoms with Crippen LogP contribution >= 0.6 is 0 Å². The Kier molecular flexibility index (Phi) is 3.44. The van der Waals surface area contributed by atoms with Gasteiger partial charge in [-0.2, -0.15) is 0 Å². The molecule has 0 saturated carbocycles. The van der Waals surface area contributed by atoms with Gasteiger partial charge in [0.15, 0.2) is 11.5 Å². The van der Waals surface area contributed by atoms with E-state index in [-0.39, 0.29) is 0 Å². The molecule has 4 nitrogen and oxygen atoms in total. The highest BCUT2D eigenvalue weighted by Crippen LogP contribution is 2.35. The average Bonchev–Trinajstić information content (AvgIpc) is 2.96. The smallest absolute Gasteiger partial charge is 0.161 e. The number of fused-ring (bicyclic) bond motifs is 1. The number of hydrogen-bond acceptors (Lipinski definition) is 4. The standard InChI is InChI=1S/C17H16O4/c1-18-13-5-7-14-12(8-13)10-16(21-14)11-4-6-15(19-2)17(9-11)20-3/h4-10H,1-3H3. The number of furan rings is 1. The normalized spacial score (nSPS) is 10.6. The van der Waals surface area contributed by atoms with Gasteiger partial charge >= 0.3 is 0 Å². The predicted molar refractivity (Wildman–Crippen MR) is 81.3 cm³/mol. The first kappa shape index (κ1) is 13.4. The zero-order valence-corrected chi connectivity index (χ0v) is 12.2. The lowest BCUT2D eigenvalue weighted by atomic mass is 10.1. The van der Waals surface area contributed by atoms with Gasteiger partial charge < -0.3 is 18.6 Å². The highest BCUT2D eigenvalue weighted by molar-refractivity contribution is 5.84. The molecule has 1 heterocycles. The molecule has 0 unspecified atom stereocenters. The fraction of sp³-hybridized carbons (Fsp3) is 0.176. The Morgan fingerprint density at radius 3 is 2.29 bits per heavy atom. The van der Waals surface area contributed by atoms with E-state index in [0.717, 1.165) is 28.0 Å². The zero-order chi connectivity index (χ0) is 14.8. The fourth-order valence-electron chi connectivity index (χ4n) is 2.28. The van der Waals surface area contributed by atoms with Crippen LogP contribution in [0.2, 0.25) is 0 Å². The number of methoxy groups -OCH3 is 3. The molecule has 108 valence electrons. The summed E-state index contributed by atoms with van der Waals surface area (Å²) >= 11 is 0. The van der Waals surface area contributed by atoms with Crippen LogP contribution in [0.3, 0.4) is 0 Å². The van der Waals surface area contributed by atoms with E-state index in [0.29, 0.717) is 11.5 Å². The maximum Gasteiger partial charge on any atom is 0.161 e. The maximum absolute atomic E-state index is 5.87. The highest BCUT2D eigenvalue weighted by atomic mass is 16.5. The van der Waals surface area contributed by atoms with E-state index in [1.54, 1.807) is 21.3 Å². The van der Waals surface area contributed by atoms with Gasteiger partial charge in [0.05, 0.1) is 21.3 Å². The summed E-state index contributed by atoms with van der Waals surface area (Å²) in [4.78, 5) is 0. The summed E-state index contributed by atoms with van der Waals surface area (Å²) in [6.07, 6.45) is 0. The molecule has 0 saturated heterocycles. The summed E-state index contributed by atoms with van der Waals surface area (Å²) in [6, 6.07) is 13.4. The molecule has 0 spiro atoms. The van der Waals surface area contributed by atoms with Gasteiger partial charge in [-0.1, -0.05) is 0 Å². The van der Waals surface area contributed by atoms with E-state index < -0.39 is 0 Å². The lowest BCUT2D eigenvalue weighted by Crippen LogP contribution is -1.90. The van der Waals surface area contributed by atoms with Crippen LogP contribution in [-0.2, 0) is 0 Å². The first-order chi connectivity index (χ1) is 10.2. The topological polar surface area (TPSA) is 40.8 Å². The van der Waals surface area contributed by atoms with Crippen molar-refractivity contribution in [1.82, 2.24) is 0 Å². The lowest BCUT2D eigenvalue weighted by molar-refractivity contribution is 0.355. The first-order valence-corrected chi connectivity index (χ1v) is 6.55. The minimum atomic E-state index is 0.674. The summed E-state index contributed by atoms with van der Waals surface area (Å²) in [5.74, 6) is 2.95. The molecule has 0 amide bonds.